The van der Waals surface area contributed by atoms with Crippen molar-refractivity contribution in [3.63, 3.8) is 0 Å². The zero-order valence-corrected chi connectivity index (χ0v) is 19.1. The number of para-hydroxylation sites is 1. The molecule has 0 bridgehead atoms. The van der Waals surface area contributed by atoms with Gasteiger partial charge < -0.3 is 9.26 Å². The average Bonchev–Trinajstić information content (AvgIpc) is 3.23. The molecule has 1 aromatic heterocycles. The number of aryl methyl sites for hydroxylation is 3. The van der Waals surface area contributed by atoms with Crippen LogP contribution in [-0.2, 0) is 10.0 Å². The molecule has 0 aliphatic carbocycles. The van der Waals surface area contributed by atoms with Crippen molar-refractivity contribution in [2.45, 2.75) is 44.4 Å². The third-order valence-corrected chi connectivity index (χ3v) is 8.00. The maximum absolute atomic E-state index is 13.3. The third kappa shape index (κ3) is 4.09. The molecule has 2 aromatic carbocycles. The molecule has 0 N–H and O–H groups in total. The summed E-state index contributed by atoms with van der Waals surface area (Å²) in [5, 5.41) is 4.12. The summed E-state index contributed by atoms with van der Waals surface area (Å²) in [6.07, 6.45) is 1.27. The van der Waals surface area contributed by atoms with Gasteiger partial charge in [-0.25, -0.2) is 8.42 Å². The fourth-order valence-electron chi connectivity index (χ4n) is 4.39. The molecular formula is C23H27N3O4S. The summed E-state index contributed by atoms with van der Waals surface area (Å²) < 4.78 is 39.1. The Morgan fingerprint density at radius 1 is 1.06 bits per heavy atom. The van der Waals surface area contributed by atoms with Crippen LogP contribution in [0.4, 0.5) is 0 Å². The Balaban J connectivity index is 1.50. The number of aromatic nitrogens is 2. The summed E-state index contributed by atoms with van der Waals surface area (Å²) in [5.74, 6) is 1.73. The number of methoxy groups -OCH3 is 1. The second-order valence-corrected chi connectivity index (χ2v) is 9.94. The van der Waals surface area contributed by atoms with Crippen LogP contribution in [0.15, 0.2) is 45.8 Å². The lowest BCUT2D eigenvalue weighted by Gasteiger charge is -2.30. The molecule has 1 fully saturated rings. The minimum absolute atomic E-state index is 0.0302. The van der Waals surface area contributed by atoms with Crippen molar-refractivity contribution >= 4 is 10.0 Å². The number of rotatable bonds is 5. The average molecular weight is 442 g/mol. The lowest BCUT2D eigenvalue weighted by Crippen LogP contribution is -2.38. The van der Waals surface area contributed by atoms with Crippen molar-refractivity contribution in [1.29, 1.82) is 0 Å². The highest BCUT2D eigenvalue weighted by Gasteiger charge is 2.34. The van der Waals surface area contributed by atoms with Crippen LogP contribution < -0.4 is 4.74 Å². The summed E-state index contributed by atoms with van der Waals surface area (Å²) >= 11 is 0. The zero-order valence-electron chi connectivity index (χ0n) is 18.3. The van der Waals surface area contributed by atoms with Crippen molar-refractivity contribution in [1.82, 2.24) is 14.4 Å². The van der Waals surface area contributed by atoms with Gasteiger partial charge in [-0.1, -0.05) is 35.0 Å². The van der Waals surface area contributed by atoms with Gasteiger partial charge in [-0.05, 0) is 56.9 Å². The molecule has 0 amide bonds. The highest BCUT2D eigenvalue weighted by Crippen LogP contribution is 2.34. The Bertz CT molecular complexity index is 1170. The summed E-state index contributed by atoms with van der Waals surface area (Å²) in [5.41, 5.74) is 3.41. The number of piperidine rings is 1. The standard InChI is InChI=1S/C23H27N3O4S/c1-15-13-16(2)21(17(3)14-15)31(27,28)26-11-9-18(10-12-26)23-24-22(25-30-23)19-7-5-6-8-20(19)29-4/h5-8,13-14,18H,9-12H2,1-4H3. The number of ether oxygens (including phenoxy) is 1. The van der Waals surface area contributed by atoms with Gasteiger partial charge in [0.05, 0.1) is 17.6 Å². The molecule has 4 rings (SSSR count). The Morgan fingerprint density at radius 3 is 2.35 bits per heavy atom. The maximum Gasteiger partial charge on any atom is 0.243 e. The predicted molar refractivity (Wildman–Crippen MR) is 118 cm³/mol. The van der Waals surface area contributed by atoms with E-state index in [4.69, 9.17) is 9.26 Å². The van der Waals surface area contributed by atoms with E-state index in [1.807, 2.05) is 57.2 Å². The first kappa shape index (κ1) is 21.5. The lowest BCUT2D eigenvalue weighted by atomic mass is 9.98. The first-order valence-corrected chi connectivity index (χ1v) is 11.8. The highest BCUT2D eigenvalue weighted by molar-refractivity contribution is 7.89. The van der Waals surface area contributed by atoms with Gasteiger partial charge in [-0.2, -0.15) is 9.29 Å². The smallest absolute Gasteiger partial charge is 0.243 e. The fourth-order valence-corrected chi connectivity index (χ4v) is 6.27. The monoisotopic (exact) mass is 441 g/mol. The van der Waals surface area contributed by atoms with Gasteiger partial charge in [0.15, 0.2) is 0 Å². The number of hydrogen-bond donors (Lipinski definition) is 0. The van der Waals surface area contributed by atoms with Crippen molar-refractivity contribution in [3.8, 4) is 17.1 Å². The molecule has 1 aliphatic heterocycles. The molecule has 0 saturated carbocycles. The Kier molecular flexibility index (Phi) is 5.85. The SMILES string of the molecule is COc1ccccc1-c1noc(C2CCN(S(=O)(=O)c3c(C)cc(C)cc3C)CC2)n1. The molecule has 8 heteroatoms. The summed E-state index contributed by atoms with van der Waals surface area (Å²) in [6.45, 7) is 6.54. The minimum atomic E-state index is -3.54. The van der Waals surface area contributed by atoms with Crippen LogP contribution in [0, 0.1) is 20.8 Å². The van der Waals surface area contributed by atoms with Gasteiger partial charge >= 0.3 is 0 Å². The molecule has 3 aromatic rings. The van der Waals surface area contributed by atoms with Crippen LogP contribution in [0.5, 0.6) is 5.75 Å². The molecule has 1 aliphatic rings. The number of hydrogen-bond acceptors (Lipinski definition) is 6. The van der Waals surface area contributed by atoms with Crippen molar-refractivity contribution in [2.75, 3.05) is 20.2 Å². The predicted octanol–water partition coefficient (Wildman–Crippen LogP) is 4.24. The van der Waals surface area contributed by atoms with E-state index in [0.29, 0.717) is 48.3 Å². The van der Waals surface area contributed by atoms with Crippen molar-refractivity contribution in [3.05, 3.63) is 59.0 Å². The van der Waals surface area contributed by atoms with Gasteiger partial charge in [0.1, 0.15) is 5.75 Å². The fraction of sp³-hybridized carbons (Fsp3) is 0.391. The van der Waals surface area contributed by atoms with Crippen LogP contribution in [0.3, 0.4) is 0 Å². The van der Waals surface area contributed by atoms with Crippen LogP contribution in [0.1, 0.15) is 41.3 Å². The van der Waals surface area contributed by atoms with E-state index in [-0.39, 0.29) is 5.92 Å². The van der Waals surface area contributed by atoms with E-state index >= 15 is 0 Å². The number of benzene rings is 2. The van der Waals surface area contributed by atoms with E-state index in [1.54, 1.807) is 11.4 Å². The zero-order chi connectivity index (χ0) is 22.2. The van der Waals surface area contributed by atoms with Crippen LogP contribution in [0.25, 0.3) is 11.4 Å². The first-order valence-electron chi connectivity index (χ1n) is 10.4. The van der Waals surface area contributed by atoms with E-state index in [1.165, 1.54) is 0 Å². The van der Waals surface area contributed by atoms with E-state index < -0.39 is 10.0 Å². The van der Waals surface area contributed by atoms with Gasteiger partial charge in [0, 0.05) is 19.0 Å². The molecule has 0 radical (unpaired) electrons. The number of nitrogens with zero attached hydrogens (tertiary/aromatic N) is 3. The summed E-state index contributed by atoms with van der Waals surface area (Å²) in [4.78, 5) is 4.99. The van der Waals surface area contributed by atoms with Gasteiger partial charge in [-0.15, -0.1) is 0 Å². The Labute approximate surface area is 183 Å². The molecule has 0 atom stereocenters. The molecule has 2 heterocycles. The van der Waals surface area contributed by atoms with E-state index in [0.717, 1.165) is 22.3 Å². The maximum atomic E-state index is 13.3. The van der Waals surface area contributed by atoms with Gasteiger partial charge in [0.2, 0.25) is 21.7 Å². The normalized spacial score (nSPS) is 15.9. The summed E-state index contributed by atoms with van der Waals surface area (Å²) in [6, 6.07) is 11.4. The van der Waals surface area contributed by atoms with Crippen LogP contribution in [-0.4, -0.2) is 43.1 Å². The van der Waals surface area contributed by atoms with Crippen molar-refractivity contribution in [2.24, 2.45) is 0 Å². The Morgan fingerprint density at radius 2 is 1.71 bits per heavy atom. The molecule has 7 nitrogen and oxygen atoms in total. The van der Waals surface area contributed by atoms with Crippen LogP contribution >= 0.6 is 0 Å². The molecule has 31 heavy (non-hydrogen) atoms. The summed E-state index contributed by atoms with van der Waals surface area (Å²) in [7, 11) is -1.94. The molecule has 1 saturated heterocycles. The second kappa shape index (κ2) is 8.43. The number of sulfonamides is 1. The minimum Gasteiger partial charge on any atom is -0.496 e. The van der Waals surface area contributed by atoms with E-state index in [2.05, 4.69) is 10.1 Å². The topological polar surface area (TPSA) is 85.5 Å². The van der Waals surface area contributed by atoms with Crippen LogP contribution in [0.2, 0.25) is 0 Å². The highest BCUT2D eigenvalue weighted by atomic mass is 32.2. The lowest BCUT2D eigenvalue weighted by molar-refractivity contribution is 0.270. The Hall–Kier alpha value is -2.71. The molecule has 0 unspecified atom stereocenters. The van der Waals surface area contributed by atoms with Crippen molar-refractivity contribution < 1.29 is 17.7 Å². The largest absolute Gasteiger partial charge is 0.496 e. The quantitative estimate of drug-likeness (QED) is 0.589. The first-order chi connectivity index (χ1) is 14.8. The second-order valence-electron chi connectivity index (χ2n) is 8.06. The molecule has 164 valence electrons. The van der Waals surface area contributed by atoms with Gasteiger partial charge in [-0.3, -0.25) is 0 Å². The molecule has 0 spiro atoms. The van der Waals surface area contributed by atoms with Gasteiger partial charge in [0.25, 0.3) is 0 Å². The third-order valence-electron chi connectivity index (χ3n) is 5.80. The molecular weight excluding hydrogens is 414 g/mol. The van der Waals surface area contributed by atoms with E-state index in [9.17, 15) is 8.42 Å².